The second-order valence-corrected chi connectivity index (χ2v) is 4.63. The topological polar surface area (TPSA) is 38.5 Å². The summed E-state index contributed by atoms with van der Waals surface area (Å²) in [5.74, 6) is 0.811. The zero-order valence-corrected chi connectivity index (χ0v) is 11.3. The van der Waals surface area contributed by atoms with Crippen LogP contribution in [0.15, 0.2) is 36.4 Å². The van der Waals surface area contributed by atoms with Crippen molar-refractivity contribution in [3.63, 3.8) is 0 Å². The minimum absolute atomic E-state index is 0.290. The highest BCUT2D eigenvalue weighted by molar-refractivity contribution is 5.57. The molecule has 100 valence electrons. The van der Waals surface area contributed by atoms with E-state index in [2.05, 4.69) is 0 Å². The molecule has 0 aliphatic rings. The second-order valence-electron chi connectivity index (χ2n) is 4.63. The maximum atomic E-state index is 13.3. The average Bonchev–Trinajstić information content (AvgIpc) is 2.36. The molecule has 4 heteroatoms. The normalized spacial score (nSPS) is 10.3. The van der Waals surface area contributed by atoms with Crippen LogP contribution >= 0.6 is 0 Å². The Balaban J connectivity index is 2.31. The summed E-state index contributed by atoms with van der Waals surface area (Å²) >= 11 is 0. The smallest absolute Gasteiger partial charge is 0.150 e. The summed E-state index contributed by atoms with van der Waals surface area (Å²) in [5.41, 5.74) is 7.58. The summed E-state index contributed by atoms with van der Waals surface area (Å²) < 4.78 is 19.0. The van der Waals surface area contributed by atoms with Crippen molar-refractivity contribution in [1.82, 2.24) is 0 Å². The van der Waals surface area contributed by atoms with Crippen LogP contribution in [0.2, 0.25) is 0 Å². The van der Waals surface area contributed by atoms with Gasteiger partial charge in [-0.05, 0) is 30.7 Å². The molecule has 0 unspecified atom stereocenters. The highest BCUT2D eigenvalue weighted by Gasteiger charge is 2.07. The molecular formula is C15H17FN2O. The number of benzene rings is 2. The summed E-state index contributed by atoms with van der Waals surface area (Å²) in [7, 11) is 3.91. The van der Waals surface area contributed by atoms with Crippen LogP contribution in [0.5, 0.6) is 11.5 Å². The fraction of sp³-hybridized carbons (Fsp3) is 0.200. The molecule has 0 aliphatic carbocycles. The number of nitrogens with zero attached hydrogens (tertiary/aromatic N) is 1. The van der Waals surface area contributed by atoms with E-state index in [4.69, 9.17) is 10.5 Å². The minimum atomic E-state index is -0.327. The molecule has 0 atom stereocenters. The van der Waals surface area contributed by atoms with Gasteiger partial charge in [0.15, 0.2) is 5.75 Å². The maximum absolute atomic E-state index is 13.3. The van der Waals surface area contributed by atoms with Gasteiger partial charge in [0, 0.05) is 31.9 Å². The Kier molecular flexibility index (Phi) is 3.60. The lowest BCUT2D eigenvalue weighted by Gasteiger charge is -2.15. The van der Waals surface area contributed by atoms with Gasteiger partial charge in [-0.1, -0.05) is 6.07 Å². The standard InChI is InChI=1S/C15H17FN2O/c1-10-7-15(14(17)9-13(10)16)19-12-6-4-5-11(8-12)18(2)3/h4-9H,17H2,1-3H3. The van der Waals surface area contributed by atoms with Gasteiger partial charge in [-0.15, -0.1) is 0 Å². The number of hydrogen-bond acceptors (Lipinski definition) is 3. The van der Waals surface area contributed by atoms with E-state index in [9.17, 15) is 4.39 Å². The van der Waals surface area contributed by atoms with E-state index in [0.717, 1.165) is 5.69 Å². The van der Waals surface area contributed by atoms with Crippen LogP contribution in [0.25, 0.3) is 0 Å². The van der Waals surface area contributed by atoms with Crippen molar-refractivity contribution < 1.29 is 9.13 Å². The van der Waals surface area contributed by atoms with Crippen molar-refractivity contribution in [2.24, 2.45) is 0 Å². The van der Waals surface area contributed by atoms with Crippen molar-refractivity contribution in [2.75, 3.05) is 24.7 Å². The molecule has 0 saturated heterocycles. The fourth-order valence-electron chi connectivity index (χ4n) is 1.71. The van der Waals surface area contributed by atoms with Crippen LogP contribution in [0.1, 0.15) is 5.56 Å². The monoisotopic (exact) mass is 260 g/mol. The molecule has 19 heavy (non-hydrogen) atoms. The van der Waals surface area contributed by atoms with Crippen LogP contribution in [-0.4, -0.2) is 14.1 Å². The lowest BCUT2D eigenvalue weighted by Crippen LogP contribution is -2.08. The van der Waals surface area contributed by atoms with Gasteiger partial charge >= 0.3 is 0 Å². The molecule has 0 fully saturated rings. The maximum Gasteiger partial charge on any atom is 0.150 e. The number of ether oxygens (including phenoxy) is 1. The Hall–Kier alpha value is -2.23. The highest BCUT2D eigenvalue weighted by atomic mass is 19.1. The zero-order valence-electron chi connectivity index (χ0n) is 11.3. The Morgan fingerprint density at radius 2 is 1.89 bits per heavy atom. The van der Waals surface area contributed by atoms with E-state index in [1.807, 2.05) is 43.3 Å². The first-order chi connectivity index (χ1) is 8.97. The summed E-state index contributed by atoms with van der Waals surface area (Å²) in [6.45, 7) is 1.68. The third-order valence-electron chi connectivity index (χ3n) is 2.85. The van der Waals surface area contributed by atoms with Crippen LogP contribution in [0.4, 0.5) is 15.8 Å². The summed E-state index contributed by atoms with van der Waals surface area (Å²) in [6, 6.07) is 10.5. The van der Waals surface area contributed by atoms with Crippen LogP contribution in [0.3, 0.4) is 0 Å². The predicted molar refractivity (Wildman–Crippen MR) is 76.4 cm³/mol. The Labute approximate surface area is 112 Å². The minimum Gasteiger partial charge on any atom is -0.455 e. The number of rotatable bonds is 3. The molecule has 0 bridgehead atoms. The van der Waals surface area contributed by atoms with E-state index in [0.29, 0.717) is 22.7 Å². The number of nitrogens with two attached hydrogens (primary N) is 1. The van der Waals surface area contributed by atoms with E-state index >= 15 is 0 Å². The third kappa shape index (κ3) is 2.96. The molecule has 2 rings (SSSR count). The van der Waals surface area contributed by atoms with Crippen molar-refractivity contribution >= 4 is 11.4 Å². The first kappa shape index (κ1) is 13.2. The highest BCUT2D eigenvalue weighted by Crippen LogP contribution is 2.31. The third-order valence-corrected chi connectivity index (χ3v) is 2.85. The molecule has 0 saturated carbocycles. The van der Waals surface area contributed by atoms with Crippen molar-refractivity contribution in [3.05, 3.63) is 47.8 Å². The summed E-state index contributed by atoms with van der Waals surface area (Å²) in [6.07, 6.45) is 0. The molecular weight excluding hydrogens is 243 g/mol. The Bertz CT molecular complexity index is 597. The summed E-state index contributed by atoms with van der Waals surface area (Å²) in [5, 5.41) is 0. The SMILES string of the molecule is Cc1cc(Oc2cccc(N(C)C)c2)c(N)cc1F. The van der Waals surface area contributed by atoms with Crippen LogP contribution < -0.4 is 15.4 Å². The van der Waals surface area contributed by atoms with E-state index in [-0.39, 0.29) is 5.82 Å². The quantitative estimate of drug-likeness (QED) is 0.857. The van der Waals surface area contributed by atoms with E-state index in [1.54, 1.807) is 13.0 Å². The van der Waals surface area contributed by atoms with Gasteiger partial charge in [0.25, 0.3) is 0 Å². The fourth-order valence-corrected chi connectivity index (χ4v) is 1.71. The molecule has 0 spiro atoms. The summed E-state index contributed by atoms with van der Waals surface area (Å²) in [4.78, 5) is 1.98. The van der Waals surface area contributed by atoms with Gasteiger partial charge in [0.2, 0.25) is 0 Å². The number of halogens is 1. The van der Waals surface area contributed by atoms with Crippen molar-refractivity contribution in [1.29, 1.82) is 0 Å². The Morgan fingerprint density at radius 1 is 1.16 bits per heavy atom. The largest absolute Gasteiger partial charge is 0.455 e. The number of nitrogen functional groups attached to an aromatic ring is 1. The lowest BCUT2D eigenvalue weighted by atomic mass is 10.2. The van der Waals surface area contributed by atoms with Crippen LogP contribution in [-0.2, 0) is 0 Å². The molecule has 0 heterocycles. The molecule has 3 nitrogen and oxygen atoms in total. The molecule has 0 amide bonds. The van der Waals surface area contributed by atoms with Gasteiger partial charge in [0.05, 0.1) is 5.69 Å². The molecule has 2 aromatic rings. The molecule has 0 aliphatic heterocycles. The molecule has 0 aromatic heterocycles. The average molecular weight is 260 g/mol. The second kappa shape index (κ2) is 5.18. The van der Waals surface area contributed by atoms with Gasteiger partial charge in [0.1, 0.15) is 11.6 Å². The van der Waals surface area contributed by atoms with Gasteiger partial charge in [-0.3, -0.25) is 0 Å². The Morgan fingerprint density at radius 3 is 2.58 bits per heavy atom. The first-order valence-electron chi connectivity index (χ1n) is 5.98. The molecule has 2 aromatic carbocycles. The molecule has 2 N–H and O–H groups in total. The van der Waals surface area contributed by atoms with Crippen molar-refractivity contribution in [3.8, 4) is 11.5 Å². The lowest BCUT2D eigenvalue weighted by molar-refractivity contribution is 0.482. The molecule has 0 radical (unpaired) electrons. The zero-order chi connectivity index (χ0) is 14.0. The van der Waals surface area contributed by atoms with Crippen LogP contribution in [0, 0.1) is 12.7 Å². The first-order valence-corrected chi connectivity index (χ1v) is 5.98. The van der Waals surface area contributed by atoms with E-state index < -0.39 is 0 Å². The van der Waals surface area contributed by atoms with Gasteiger partial charge < -0.3 is 15.4 Å². The van der Waals surface area contributed by atoms with E-state index in [1.165, 1.54) is 6.07 Å². The number of anilines is 2. The van der Waals surface area contributed by atoms with Gasteiger partial charge in [-0.2, -0.15) is 0 Å². The predicted octanol–water partition coefficient (Wildman–Crippen LogP) is 3.57. The number of aryl methyl sites for hydroxylation is 1. The number of hydrogen-bond donors (Lipinski definition) is 1. The van der Waals surface area contributed by atoms with Crippen molar-refractivity contribution in [2.45, 2.75) is 6.92 Å². The van der Waals surface area contributed by atoms with Gasteiger partial charge in [-0.25, -0.2) is 4.39 Å².